The fourth-order valence-corrected chi connectivity index (χ4v) is 1.66. The minimum atomic E-state index is -0.567. The largest absolute Gasteiger partial charge is 0.491 e. The average Bonchev–Trinajstić information content (AvgIpc) is 2.33. The van der Waals surface area contributed by atoms with Crippen molar-refractivity contribution in [2.24, 2.45) is 0 Å². The molecule has 0 aliphatic carbocycles. The molecule has 0 amide bonds. The predicted octanol–water partition coefficient (Wildman–Crippen LogP) is 2.86. The maximum atomic E-state index is 9.71. The average molecular weight is 252 g/mol. The van der Waals surface area contributed by atoms with Crippen molar-refractivity contribution < 1.29 is 14.6 Å². The third-order valence-corrected chi connectivity index (χ3v) is 2.71. The lowest BCUT2D eigenvalue weighted by atomic mass is 10.1. The molecule has 0 aromatic heterocycles. The summed E-state index contributed by atoms with van der Waals surface area (Å²) in [4.78, 5) is 0. The predicted molar refractivity (Wildman–Crippen MR) is 73.1 cm³/mol. The van der Waals surface area contributed by atoms with Crippen LogP contribution in [0.2, 0.25) is 0 Å². The molecule has 1 unspecified atom stereocenters. The first-order valence-electron chi connectivity index (χ1n) is 6.59. The summed E-state index contributed by atoms with van der Waals surface area (Å²) in [7, 11) is 0. The molecule has 1 aromatic carbocycles. The first-order chi connectivity index (χ1) is 8.63. The van der Waals surface area contributed by atoms with E-state index in [9.17, 15) is 5.11 Å². The SMILES string of the molecule is CCCCOCC(O)COc1ccc(C)cc1C. The van der Waals surface area contributed by atoms with E-state index in [1.54, 1.807) is 0 Å². The van der Waals surface area contributed by atoms with Gasteiger partial charge in [0.2, 0.25) is 0 Å². The zero-order valence-electron chi connectivity index (χ0n) is 11.6. The Morgan fingerprint density at radius 2 is 2.00 bits per heavy atom. The Kier molecular flexibility index (Phi) is 6.76. The zero-order chi connectivity index (χ0) is 13.4. The molecule has 18 heavy (non-hydrogen) atoms. The summed E-state index contributed by atoms with van der Waals surface area (Å²) in [5.74, 6) is 0.827. The van der Waals surface area contributed by atoms with Crippen molar-refractivity contribution in [3.8, 4) is 5.75 Å². The monoisotopic (exact) mass is 252 g/mol. The molecule has 0 heterocycles. The summed E-state index contributed by atoms with van der Waals surface area (Å²) in [5, 5.41) is 9.71. The van der Waals surface area contributed by atoms with Crippen molar-refractivity contribution in [2.75, 3.05) is 19.8 Å². The Morgan fingerprint density at radius 3 is 2.67 bits per heavy atom. The van der Waals surface area contributed by atoms with Gasteiger partial charge in [-0.25, -0.2) is 0 Å². The second-order valence-electron chi connectivity index (χ2n) is 4.66. The lowest BCUT2D eigenvalue weighted by Gasteiger charge is -2.14. The van der Waals surface area contributed by atoms with Crippen molar-refractivity contribution >= 4 is 0 Å². The summed E-state index contributed by atoms with van der Waals surface area (Å²) >= 11 is 0. The van der Waals surface area contributed by atoms with Crippen molar-refractivity contribution in [2.45, 2.75) is 39.7 Å². The number of benzene rings is 1. The van der Waals surface area contributed by atoms with Crippen LogP contribution in [0.15, 0.2) is 18.2 Å². The van der Waals surface area contributed by atoms with Gasteiger partial charge in [0.25, 0.3) is 0 Å². The van der Waals surface area contributed by atoms with E-state index < -0.39 is 6.10 Å². The van der Waals surface area contributed by atoms with E-state index in [1.165, 1.54) is 5.56 Å². The van der Waals surface area contributed by atoms with E-state index in [2.05, 4.69) is 13.0 Å². The molecule has 102 valence electrons. The minimum absolute atomic E-state index is 0.274. The standard InChI is InChI=1S/C15H24O3/c1-4-5-8-17-10-14(16)11-18-15-7-6-12(2)9-13(15)3/h6-7,9,14,16H,4-5,8,10-11H2,1-3H3. The first-order valence-corrected chi connectivity index (χ1v) is 6.59. The van der Waals surface area contributed by atoms with Gasteiger partial charge in [0.1, 0.15) is 18.5 Å². The van der Waals surface area contributed by atoms with Crippen LogP contribution in [0.3, 0.4) is 0 Å². The molecule has 0 saturated carbocycles. The quantitative estimate of drug-likeness (QED) is 0.723. The molecule has 1 atom stereocenters. The molecule has 1 N–H and O–H groups in total. The van der Waals surface area contributed by atoms with Gasteiger partial charge in [-0.05, 0) is 31.9 Å². The number of aryl methyl sites for hydroxylation is 2. The fourth-order valence-electron chi connectivity index (χ4n) is 1.66. The van der Waals surface area contributed by atoms with Gasteiger partial charge in [-0.1, -0.05) is 31.0 Å². The molecule has 0 radical (unpaired) electrons. The highest BCUT2D eigenvalue weighted by Gasteiger charge is 2.06. The molecule has 0 aliphatic heterocycles. The van der Waals surface area contributed by atoms with Crippen LogP contribution in [0, 0.1) is 13.8 Å². The molecule has 3 nitrogen and oxygen atoms in total. The number of hydrogen-bond donors (Lipinski definition) is 1. The summed E-state index contributed by atoms with van der Waals surface area (Å²) < 4.78 is 10.9. The Balaban J connectivity index is 2.27. The molecule has 0 fully saturated rings. The number of aliphatic hydroxyl groups is 1. The van der Waals surface area contributed by atoms with Crippen LogP contribution < -0.4 is 4.74 Å². The number of unbranched alkanes of at least 4 members (excludes halogenated alkanes) is 1. The molecule has 0 aliphatic rings. The Bertz CT molecular complexity index is 350. The summed E-state index contributed by atoms with van der Waals surface area (Å²) in [5.41, 5.74) is 2.30. The Hall–Kier alpha value is -1.06. The number of aliphatic hydroxyl groups excluding tert-OH is 1. The molecule has 0 spiro atoms. The Morgan fingerprint density at radius 1 is 1.22 bits per heavy atom. The third kappa shape index (κ3) is 5.52. The molecule has 1 rings (SSSR count). The number of ether oxygens (including phenoxy) is 2. The molecular weight excluding hydrogens is 228 g/mol. The zero-order valence-corrected chi connectivity index (χ0v) is 11.6. The van der Waals surface area contributed by atoms with Crippen LogP contribution in [-0.4, -0.2) is 31.0 Å². The highest BCUT2D eigenvalue weighted by molar-refractivity contribution is 5.35. The second kappa shape index (κ2) is 8.11. The summed E-state index contributed by atoms with van der Waals surface area (Å²) in [6, 6.07) is 6.02. The molecule has 0 bridgehead atoms. The molecule has 1 aromatic rings. The maximum absolute atomic E-state index is 9.71. The van der Waals surface area contributed by atoms with Crippen LogP contribution in [0.1, 0.15) is 30.9 Å². The van der Waals surface area contributed by atoms with E-state index in [1.807, 2.05) is 26.0 Å². The van der Waals surface area contributed by atoms with Gasteiger partial charge in [-0.15, -0.1) is 0 Å². The third-order valence-electron chi connectivity index (χ3n) is 2.71. The topological polar surface area (TPSA) is 38.7 Å². The Labute approximate surface area is 110 Å². The molecule has 0 saturated heterocycles. The molecule has 3 heteroatoms. The highest BCUT2D eigenvalue weighted by Crippen LogP contribution is 2.18. The van der Waals surface area contributed by atoms with Gasteiger partial charge in [0.15, 0.2) is 0 Å². The number of hydrogen-bond acceptors (Lipinski definition) is 3. The first kappa shape index (κ1) is 15.0. The van der Waals surface area contributed by atoms with Gasteiger partial charge in [0, 0.05) is 6.61 Å². The van der Waals surface area contributed by atoms with Crippen LogP contribution in [0.4, 0.5) is 0 Å². The minimum Gasteiger partial charge on any atom is -0.491 e. The van der Waals surface area contributed by atoms with E-state index in [0.717, 1.165) is 24.2 Å². The van der Waals surface area contributed by atoms with E-state index in [-0.39, 0.29) is 6.61 Å². The van der Waals surface area contributed by atoms with Crippen molar-refractivity contribution in [1.29, 1.82) is 0 Å². The van der Waals surface area contributed by atoms with Gasteiger partial charge in [-0.2, -0.15) is 0 Å². The lowest BCUT2D eigenvalue weighted by molar-refractivity contribution is 0.0112. The second-order valence-corrected chi connectivity index (χ2v) is 4.66. The normalized spacial score (nSPS) is 12.4. The van der Waals surface area contributed by atoms with Crippen molar-refractivity contribution in [3.05, 3.63) is 29.3 Å². The van der Waals surface area contributed by atoms with Crippen molar-refractivity contribution in [1.82, 2.24) is 0 Å². The van der Waals surface area contributed by atoms with Crippen LogP contribution in [-0.2, 0) is 4.74 Å². The van der Waals surface area contributed by atoms with Crippen LogP contribution in [0.5, 0.6) is 5.75 Å². The maximum Gasteiger partial charge on any atom is 0.122 e. The van der Waals surface area contributed by atoms with Gasteiger partial charge in [-0.3, -0.25) is 0 Å². The van der Waals surface area contributed by atoms with E-state index in [4.69, 9.17) is 9.47 Å². The smallest absolute Gasteiger partial charge is 0.122 e. The van der Waals surface area contributed by atoms with Gasteiger partial charge in [0.05, 0.1) is 6.61 Å². The summed E-state index contributed by atoms with van der Waals surface area (Å²) in [6.07, 6.45) is 1.57. The lowest BCUT2D eigenvalue weighted by Crippen LogP contribution is -2.23. The van der Waals surface area contributed by atoms with E-state index in [0.29, 0.717) is 13.2 Å². The highest BCUT2D eigenvalue weighted by atomic mass is 16.5. The fraction of sp³-hybridized carbons (Fsp3) is 0.600. The van der Waals surface area contributed by atoms with Gasteiger partial charge < -0.3 is 14.6 Å². The summed E-state index contributed by atoms with van der Waals surface area (Å²) in [6.45, 7) is 7.49. The number of rotatable bonds is 8. The van der Waals surface area contributed by atoms with E-state index >= 15 is 0 Å². The molecular formula is C15H24O3. The van der Waals surface area contributed by atoms with Crippen molar-refractivity contribution in [3.63, 3.8) is 0 Å². The van der Waals surface area contributed by atoms with Gasteiger partial charge >= 0.3 is 0 Å². The van der Waals surface area contributed by atoms with Crippen LogP contribution in [0.25, 0.3) is 0 Å². The van der Waals surface area contributed by atoms with Crippen LogP contribution >= 0.6 is 0 Å².